The number of Topliss-reactive ketones (excluding diaryl/α,β-unsaturated/α-hetero) is 1. The highest BCUT2D eigenvalue weighted by atomic mass is 32.2. The van der Waals surface area contributed by atoms with Gasteiger partial charge < -0.3 is 4.79 Å². The Hall–Kier alpha value is -0.380. The van der Waals surface area contributed by atoms with Crippen LogP contribution in [0.25, 0.3) is 0 Å². The Kier molecular flexibility index (Phi) is 4.77. The molecule has 1 saturated carbocycles. The van der Waals surface area contributed by atoms with E-state index in [9.17, 15) is 13.2 Å². The van der Waals surface area contributed by atoms with Crippen LogP contribution in [0.1, 0.15) is 45.4 Å². The molecule has 0 saturated heterocycles. The van der Waals surface area contributed by atoms with Crippen LogP contribution in [0.2, 0.25) is 0 Å². The molecule has 0 aliphatic heterocycles. The van der Waals surface area contributed by atoms with Crippen LogP contribution in [0.15, 0.2) is 0 Å². The third-order valence-electron chi connectivity index (χ3n) is 2.95. The third kappa shape index (κ3) is 5.30. The fourth-order valence-corrected chi connectivity index (χ4v) is 3.96. The van der Waals surface area contributed by atoms with Gasteiger partial charge in [-0.25, -0.2) is 8.42 Å². The number of hydrogen-bond acceptors (Lipinski definition) is 3. The Morgan fingerprint density at radius 3 is 2.40 bits per heavy atom. The average Bonchev–Trinajstić information content (AvgIpc) is 2.54. The van der Waals surface area contributed by atoms with Crippen LogP contribution in [0.4, 0.5) is 0 Å². The van der Waals surface area contributed by atoms with Crippen molar-refractivity contribution < 1.29 is 13.2 Å². The summed E-state index contributed by atoms with van der Waals surface area (Å²) in [6.45, 7) is 1.50. The van der Waals surface area contributed by atoms with Crippen LogP contribution in [-0.2, 0) is 14.6 Å². The van der Waals surface area contributed by atoms with Gasteiger partial charge in [0.1, 0.15) is 5.78 Å². The molecule has 1 aliphatic carbocycles. The minimum absolute atomic E-state index is 0.0751. The van der Waals surface area contributed by atoms with Gasteiger partial charge in [-0.05, 0) is 32.1 Å². The first-order valence-electron chi connectivity index (χ1n) is 5.69. The lowest BCUT2D eigenvalue weighted by Gasteiger charge is -2.09. The van der Waals surface area contributed by atoms with Crippen LogP contribution in [-0.4, -0.2) is 25.7 Å². The van der Waals surface area contributed by atoms with Crippen molar-refractivity contribution in [2.75, 3.05) is 11.5 Å². The summed E-state index contributed by atoms with van der Waals surface area (Å²) in [5.74, 6) is 0.979. The topological polar surface area (TPSA) is 51.2 Å². The van der Waals surface area contributed by atoms with Crippen molar-refractivity contribution in [3.05, 3.63) is 0 Å². The molecule has 4 heteroatoms. The molecule has 3 nitrogen and oxygen atoms in total. The maximum Gasteiger partial charge on any atom is 0.150 e. The van der Waals surface area contributed by atoms with E-state index < -0.39 is 9.84 Å². The van der Waals surface area contributed by atoms with Gasteiger partial charge in [-0.3, -0.25) is 0 Å². The number of hydrogen-bond donors (Lipinski definition) is 0. The Bertz CT molecular complexity index is 300. The zero-order valence-corrected chi connectivity index (χ0v) is 10.2. The van der Waals surface area contributed by atoms with E-state index in [1.807, 2.05) is 0 Å². The molecule has 0 aromatic carbocycles. The molecule has 0 aromatic heterocycles. The standard InChI is InChI=1S/C11H20O3S/c1-10(12)5-4-8-15(13,14)9-11-6-2-3-7-11/h11H,2-9H2,1H3. The second-order valence-electron chi connectivity index (χ2n) is 4.57. The van der Waals surface area contributed by atoms with Crippen molar-refractivity contribution in [2.24, 2.45) is 5.92 Å². The predicted molar refractivity (Wildman–Crippen MR) is 60.5 cm³/mol. The molecule has 0 bridgehead atoms. The van der Waals surface area contributed by atoms with Crippen LogP contribution in [0.3, 0.4) is 0 Å². The van der Waals surface area contributed by atoms with Gasteiger partial charge in [0.15, 0.2) is 9.84 Å². The van der Waals surface area contributed by atoms with Gasteiger partial charge in [0, 0.05) is 6.42 Å². The molecule has 0 amide bonds. The summed E-state index contributed by atoms with van der Waals surface area (Å²) in [7, 11) is -2.91. The molecule has 0 radical (unpaired) electrons. The first kappa shape index (κ1) is 12.7. The van der Waals surface area contributed by atoms with Gasteiger partial charge in [-0.15, -0.1) is 0 Å². The molecule has 0 spiro atoms. The zero-order chi connectivity index (χ0) is 11.3. The highest BCUT2D eigenvalue weighted by Crippen LogP contribution is 2.26. The van der Waals surface area contributed by atoms with Gasteiger partial charge in [-0.2, -0.15) is 0 Å². The fourth-order valence-electron chi connectivity index (χ4n) is 2.16. The normalized spacial score (nSPS) is 18.2. The molecule has 15 heavy (non-hydrogen) atoms. The molecular formula is C11H20O3S. The van der Waals surface area contributed by atoms with Crippen LogP contribution in [0.5, 0.6) is 0 Å². The van der Waals surface area contributed by atoms with Gasteiger partial charge in [0.25, 0.3) is 0 Å². The van der Waals surface area contributed by atoms with E-state index in [4.69, 9.17) is 0 Å². The Morgan fingerprint density at radius 2 is 1.87 bits per heavy atom. The van der Waals surface area contributed by atoms with E-state index in [-0.39, 0.29) is 11.5 Å². The number of carbonyl (C=O) groups is 1. The molecule has 0 aromatic rings. The number of sulfone groups is 1. The number of rotatable bonds is 6. The predicted octanol–water partition coefficient (Wildman–Crippen LogP) is 1.96. The molecule has 0 heterocycles. The average molecular weight is 232 g/mol. The molecule has 1 rings (SSSR count). The van der Waals surface area contributed by atoms with Crippen molar-refractivity contribution in [3.63, 3.8) is 0 Å². The lowest BCUT2D eigenvalue weighted by atomic mass is 10.1. The first-order valence-corrected chi connectivity index (χ1v) is 7.51. The van der Waals surface area contributed by atoms with Crippen molar-refractivity contribution in [2.45, 2.75) is 45.4 Å². The van der Waals surface area contributed by atoms with Crippen LogP contribution < -0.4 is 0 Å². The second kappa shape index (κ2) is 5.64. The molecule has 88 valence electrons. The Labute approximate surface area is 92.2 Å². The molecular weight excluding hydrogens is 212 g/mol. The van der Waals surface area contributed by atoms with Crippen molar-refractivity contribution >= 4 is 15.6 Å². The number of ketones is 1. The largest absolute Gasteiger partial charge is 0.300 e. The maximum atomic E-state index is 11.7. The minimum atomic E-state index is -2.91. The van der Waals surface area contributed by atoms with Crippen molar-refractivity contribution in [1.82, 2.24) is 0 Å². The second-order valence-corrected chi connectivity index (χ2v) is 6.80. The monoisotopic (exact) mass is 232 g/mol. The highest BCUT2D eigenvalue weighted by Gasteiger charge is 2.22. The van der Waals surface area contributed by atoms with Gasteiger partial charge in [0.2, 0.25) is 0 Å². The van der Waals surface area contributed by atoms with Crippen LogP contribution >= 0.6 is 0 Å². The lowest BCUT2D eigenvalue weighted by Crippen LogP contribution is -2.17. The third-order valence-corrected chi connectivity index (χ3v) is 4.84. The summed E-state index contributed by atoms with van der Waals surface area (Å²) in [5, 5.41) is 0. The van der Waals surface area contributed by atoms with Crippen molar-refractivity contribution in [3.8, 4) is 0 Å². The summed E-state index contributed by atoms with van der Waals surface area (Å²) in [5.41, 5.74) is 0. The molecule has 0 N–H and O–H groups in total. The van der Waals surface area contributed by atoms with E-state index >= 15 is 0 Å². The van der Waals surface area contributed by atoms with E-state index in [0.29, 0.717) is 24.5 Å². The number of carbonyl (C=O) groups excluding carboxylic acids is 1. The lowest BCUT2D eigenvalue weighted by molar-refractivity contribution is -0.117. The van der Waals surface area contributed by atoms with Gasteiger partial charge in [0.05, 0.1) is 11.5 Å². The SMILES string of the molecule is CC(=O)CCCS(=O)(=O)CC1CCCC1. The summed E-state index contributed by atoms with van der Waals surface area (Å²) in [4.78, 5) is 10.7. The zero-order valence-electron chi connectivity index (χ0n) is 9.37. The summed E-state index contributed by atoms with van der Waals surface area (Å²) >= 11 is 0. The van der Waals surface area contributed by atoms with E-state index in [2.05, 4.69) is 0 Å². The molecule has 0 unspecified atom stereocenters. The van der Waals surface area contributed by atoms with Crippen molar-refractivity contribution in [1.29, 1.82) is 0 Å². The molecule has 1 fully saturated rings. The smallest absolute Gasteiger partial charge is 0.150 e. The first-order chi connectivity index (χ1) is 6.99. The van der Waals surface area contributed by atoms with E-state index in [1.54, 1.807) is 0 Å². The van der Waals surface area contributed by atoms with Gasteiger partial charge in [-0.1, -0.05) is 12.8 Å². The maximum absolute atomic E-state index is 11.7. The van der Waals surface area contributed by atoms with Gasteiger partial charge >= 0.3 is 0 Å². The Balaban J connectivity index is 2.28. The van der Waals surface area contributed by atoms with E-state index in [0.717, 1.165) is 12.8 Å². The highest BCUT2D eigenvalue weighted by molar-refractivity contribution is 7.91. The summed E-state index contributed by atoms with van der Waals surface area (Å²) < 4.78 is 23.3. The summed E-state index contributed by atoms with van der Waals surface area (Å²) in [6.07, 6.45) is 5.35. The molecule has 0 atom stereocenters. The van der Waals surface area contributed by atoms with E-state index in [1.165, 1.54) is 19.8 Å². The summed E-state index contributed by atoms with van der Waals surface area (Å²) in [6, 6.07) is 0. The Morgan fingerprint density at radius 1 is 1.27 bits per heavy atom. The minimum Gasteiger partial charge on any atom is -0.300 e. The quantitative estimate of drug-likeness (QED) is 0.703. The van der Waals surface area contributed by atoms with Crippen LogP contribution in [0, 0.1) is 5.92 Å². The fraction of sp³-hybridized carbons (Fsp3) is 0.909. The molecule has 1 aliphatic rings.